The van der Waals surface area contributed by atoms with Crippen LogP contribution in [-0.2, 0) is 10.2 Å². The molecule has 4 aliphatic rings. The quantitative estimate of drug-likeness (QED) is 0.335. The number of carbonyl (C=O) groups excluding carboxylic acids is 1. The lowest BCUT2D eigenvalue weighted by molar-refractivity contribution is -0.384. The summed E-state index contributed by atoms with van der Waals surface area (Å²) in [4.78, 5) is 23.5. The fourth-order valence-corrected chi connectivity index (χ4v) is 7.15. The van der Waals surface area contributed by atoms with E-state index in [1.165, 1.54) is 12.0 Å². The fourth-order valence-electron chi connectivity index (χ4n) is 7.15. The van der Waals surface area contributed by atoms with Gasteiger partial charge in [0.1, 0.15) is 0 Å². The molecule has 4 saturated carbocycles. The van der Waals surface area contributed by atoms with E-state index in [1.807, 2.05) is 12.1 Å². The Morgan fingerprint density at radius 1 is 1.07 bits per heavy atom. The molecule has 0 aromatic heterocycles. The summed E-state index contributed by atoms with van der Waals surface area (Å²) in [7, 11) is 0. The molecule has 6 nitrogen and oxygen atoms in total. The minimum Gasteiger partial charge on any atom is -0.396 e. The van der Waals surface area contributed by atoms with E-state index in [2.05, 4.69) is 5.32 Å². The number of nitro groups is 1. The van der Waals surface area contributed by atoms with Gasteiger partial charge in [0.2, 0.25) is 5.91 Å². The highest BCUT2D eigenvalue weighted by Crippen LogP contribution is 2.66. The first-order valence-corrected chi connectivity index (χ1v) is 11.6. The molecule has 0 spiro atoms. The second-order valence-electron chi connectivity index (χ2n) is 10.2. The van der Waals surface area contributed by atoms with Crippen LogP contribution >= 0.6 is 0 Å². The van der Waals surface area contributed by atoms with Crippen LogP contribution in [-0.4, -0.2) is 29.1 Å². The molecule has 5 rings (SSSR count). The predicted octanol–water partition coefficient (Wildman–Crippen LogP) is 4.49. The Hall–Kier alpha value is -1.95. The zero-order valence-electron chi connectivity index (χ0n) is 17.8. The van der Waals surface area contributed by atoms with E-state index in [1.54, 1.807) is 12.1 Å². The Balaban J connectivity index is 1.41. The van der Waals surface area contributed by atoms with E-state index in [4.69, 9.17) is 5.11 Å². The normalized spacial score (nSPS) is 31.6. The first-order chi connectivity index (χ1) is 14.4. The van der Waals surface area contributed by atoms with Gasteiger partial charge in [0, 0.05) is 31.7 Å². The van der Waals surface area contributed by atoms with Crippen molar-refractivity contribution in [3.05, 3.63) is 39.9 Å². The molecule has 1 aromatic carbocycles. The number of nitrogens with one attached hydrogen (secondary N) is 1. The highest BCUT2D eigenvalue weighted by molar-refractivity contribution is 5.76. The largest absolute Gasteiger partial charge is 0.396 e. The fraction of sp³-hybridized carbons (Fsp3) is 0.708. The van der Waals surface area contributed by atoms with Crippen LogP contribution in [0, 0.1) is 27.4 Å². The summed E-state index contributed by atoms with van der Waals surface area (Å²) in [6.45, 7) is 0.967. The molecule has 4 atom stereocenters. The van der Waals surface area contributed by atoms with E-state index in [-0.39, 0.29) is 34.0 Å². The van der Waals surface area contributed by atoms with Gasteiger partial charge < -0.3 is 10.4 Å². The van der Waals surface area contributed by atoms with Crippen LogP contribution in [0.3, 0.4) is 0 Å². The number of nitro benzene ring substituents is 1. The summed E-state index contributed by atoms with van der Waals surface area (Å²) in [5.41, 5.74) is 1.56. The zero-order chi connectivity index (χ0) is 21.2. The number of rotatable bonds is 10. The summed E-state index contributed by atoms with van der Waals surface area (Å²) in [5.74, 6) is 1.53. The third-order valence-electron chi connectivity index (χ3n) is 7.82. The molecule has 30 heavy (non-hydrogen) atoms. The number of nitrogens with zero attached hydrogens (tertiary/aromatic N) is 1. The molecule has 6 heteroatoms. The smallest absolute Gasteiger partial charge is 0.269 e. The van der Waals surface area contributed by atoms with Gasteiger partial charge in [-0.05, 0) is 79.6 Å². The van der Waals surface area contributed by atoms with Crippen molar-refractivity contribution in [1.29, 1.82) is 0 Å². The van der Waals surface area contributed by atoms with Crippen LogP contribution in [0.15, 0.2) is 24.3 Å². The number of hydrogen-bond acceptors (Lipinski definition) is 4. The SMILES string of the molecule is O=C(CC12C[C@H]3C[C@@H](C1)CC(c1ccc([N+](=O)[O-])cc1)(C3)C2)NCCCCCCO. The molecule has 2 N–H and O–H groups in total. The van der Waals surface area contributed by atoms with E-state index >= 15 is 0 Å². The Bertz CT molecular complexity index is 762. The molecule has 1 amide bonds. The van der Waals surface area contributed by atoms with Crippen LogP contribution in [0.5, 0.6) is 0 Å². The molecule has 0 heterocycles. The molecule has 0 aliphatic heterocycles. The van der Waals surface area contributed by atoms with Gasteiger partial charge >= 0.3 is 0 Å². The number of carbonyl (C=O) groups is 1. The first-order valence-electron chi connectivity index (χ1n) is 11.6. The lowest BCUT2D eigenvalue weighted by Gasteiger charge is -2.62. The standard InChI is InChI=1S/C24H34N2O4/c27-10-4-2-1-3-9-25-22(28)16-23-12-18-11-19(13-23)15-24(14-18,17-23)20-5-7-21(8-6-20)26(29)30/h5-8,18-19,27H,1-4,9-17H2,(H,25,28)/t18-,19+,23?,24?. The maximum absolute atomic E-state index is 12.8. The molecule has 4 aliphatic carbocycles. The summed E-state index contributed by atoms with van der Waals surface area (Å²) >= 11 is 0. The Morgan fingerprint density at radius 3 is 2.37 bits per heavy atom. The molecule has 0 saturated heterocycles. The van der Waals surface area contributed by atoms with Gasteiger partial charge in [-0.15, -0.1) is 0 Å². The van der Waals surface area contributed by atoms with E-state index in [0.717, 1.165) is 64.3 Å². The number of aliphatic hydroxyl groups excluding tert-OH is 1. The van der Waals surface area contributed by atoms with Gasteiger partial charge in [0.15, 0.2) is 0 Å². The molecule has 4 fully saturated rings. The molecular formula is C24H34N2O4. The molecule has 4 bridgehead atoms. The van der Waals surface area contributed by atoms with Crippen LogP contribution in [0.4, 0.5) is 5.69 Å². The first kappa shape index (κ1) is 21.3. The van der Waals surface area contributed by atoms with Crippen molar-refractivity contribution in [3.8, 4) is 0 Å². The van der Waals surface area contributed by atoms with Gasteiger partial charge in [-0.25, -0.2) is 0 Å². The summed E-state index contributed by atoms with van der Waals surface area (Å²) in [6.07, 6.45) is 11.4. The lowest BCUT2D eigenvalue weighted by Crippen LogP contribution is -2.55. The third-order valence-corrected chi connectivity index (χ3v) is 7.82. The Morgan fingerprint density at radius 2 is 1.73 bits per heavy atom. The number of aliphatic hydroxyl groups is 1. The van der Waals surface area contributed by atoms with Gasteiger partial charge in [-0.1, -0.05) is 25.0 Å². The van der Waals surface area contributed by atoms with E-state index in [0.29, 0.717) is 18.3 Å². The molecule has 1 aromatic rings. The number of benzene rings is 1. The average molecular weight is 415 g/mol. The minimum atomic E-state index is -0.334. The number of unbranched alkanes of at least 4 members (excludes halogenated alkanes) is 3. The van der Waals surface area contributed by atoms with E-state index < -0.39 is 0 Å². The maximum atomic E-state index is 12.8. The average Bonchev–Trinajstić information content (AvgIpc) is 2.69. The number of non-ortho nitro benzene ring substituents is 1. The Kier molecular flexibility index (Phi) is 6.14. The topological polar surface area (TPSA) is 92.5 Å². The van der Waals surface area contributed by atoms with Gasteiger partial charge in [0.25, 0.3) is 5.69 Å². The minimum absolute atomic E-state index is 0.0871. The molecular weight excluding hydrogens is 380 g/mol. The van der Waals surface area contributed by atoms with Crippen molar-refractivity contribution in [1.82, 2.24) is 5.32 Å². The van der Waals surface area contributed by atoms with Crippen molar-refractivity contribution in [3.63, 3.8) is 0 Å². The van der Waals surface area contributed by atoms with E-state index in [9.17, 15) is 14.9 Å². The summed E-state index contributed by atoms with van der Waals surface area (Å²) in [6, 6.07) is 7.21. The number of hydrogen-bond donors (Lipinski definition) is 2. The second kappa shape index (κ2) is 8.66. The van der Waals surface area contributed by atoms with Crippen molar-refractivity contribution in [2.24, 2.45) is 17.3 Å². The lowest BCUT2D eigenvalue weighted by atomic mass is 9.42. The molecule has 164 valence electrons. The van der Waals surface area contributed by atoms with Crippen LogP contribution in [0.2, 0.25) is 0 Å². The second-order valence-corrected chi connectivity index (χ2v) is 10.2. The van der Waals surface area contributed by atoms with Crippen LogP contribution < -0.4 is 5.32 Å². The Labute approximate surface area is 178 Å². The number of amides is 1. The van der Waals surface area contributed by atoms with Gasteiger partial charge in [-0.2, -0.15) is 0 Å². The summed E-state index contributed by atoms with van der Waals surface area (Å²) < 4.78 is 0. The van der Waals surface area contributed by atoms with Crippen molar-refractivity contribution >= 4 is 11.6 Å². The van der Waals surface area contributed by atoms with Crippen LogP contribution in [0.25, 0.3) is 0 Å². The van der Waals surface area contributed by atoms with Gasteiger partial charge in [-0.3, -0.25) is 14.9 Å². The highest BCUT2D eigenvalue weighted by atomic mass is 16.6. The highest BCUT2D eigenvalue weighted by Gasteiger charge is 2.58. The summed E-state index contributed by atoms with van der Waals surface area (Å²) in [5, 5.41) is 23.0. The van der Waals surface area contributed by atoms with Gasteiger partial charge in [0.05, 0.1) is 4.92 Å². The molecule has 0 radical (unpaired) electrons. The zero-order valence-corrected chi connectivity index (χ0v) is 17.8. The third kappa shape index (κ3) is 4.39. The monoisotopic (exact) mass is 414 g/mol. The predicted molar refractivity (Wildman–Crippen MR) is 115 cm³/mol. The van der Waals surface area contributed by atoms with Crippen molar-refractivity contribution < 1.29 is 14.8 Å². The molecule has 2 unspecified atom stereocenters. The maximum Gasteiger partial charge on any atom is 0.269 e. The van der Waals surface area contributed by atoms with Crippen molar-refractivity contribution in [2.45, 2.75) is 76.0 Å². The van der Waals surface area contributed by atoms with Crippen molar-refractivity contribution in [2.75, 3.05) is 13.2 Å². The van der Waals surface area contributed by atoms with Crippen LogP contribution in [0.1, 0.15) is 76.2 Å².